The fourth-order valence-corrected chi connectivity index (χ4v) is 2.51. The molecule has 0 radical (unpaired) electrons. The normalized spacial score (nSPS) is 25.7. The summed E-state index contributed by atoms with van der Waals surface area (Å²) in [4.78, 5) is 2.23. The average Bonchev–Trinajstić information content (AvgIpc) is 2.46. The third kappa shape index (κ3) is 6.05. The van der Waals surface area contributed by atoms with Gasteiger partial charge in [-0.1, -0.05) is 49.3 Å². The van der Waals surface area contributed by atoms with E-state index in [0.717, 1.165) is 25.9 Å². The second-order valence-corrected chi connectivity index (χ2v) is 5.19. The van der Waals surface area contributed by atoms with Gasteiger partial charge in [0.05, 0.1) is 0 Å². The fourth-order valence-electron chi connectivity index (χ4n) is 2.51. The highest BCUT2D eigenvalue weighted by atomic mass is 16.4. The summed E-state index contributed by atoms with van der Waals surface area (Å²) in [6.07, 6.45) is 9.11. The van der Waals surface area contributed by atoms with Crippen molar-refractivity contribution < 1.29 is 10.4 Å². The van der Waals surface area contributed by atoms with Crippen LogP contribution in [0, 0.1) is 0 Å². The van der Waals surface area contributed by atoms with Gasteiger partial charge in [-0.15, -0.1) is 0 Å². The molecule has 0 aliphatic carbocycles. The van der Waals surface area contributed by atoms with Gasteiger partial charge < -0.3 is 10.4 Å². The van der Waals surface area contributed by atoms with Crippen molar-refractivity contribution in [1.29, 1.82) is 0 Å². The summed E-state index contributed by atoms with van der Waals surface area (Å²) < 4.78 is 0. The monoisotopic (exact) mass is 269 g/mol. The van der Waals surface area contributed by atoms with Crippen LogP contribution in [0.3, 0.4) is 0 Å². The molecule has 0 saturated carbocycles. The molecular weight excluding hydrogens is 242 g/mol. The molecule has 1 saturated heterocycles. The van der Waals surface area contributed by atoms with Gasteiger partial charge >= 0.3 is 0 Å². The van der Waals surface area contributed by atoms with E-state index in [2.05, 4.69) is 22.1 Å². The number of hydrogen-bond donors (Lipinski definition) is 2. The highest BCUT2D eigenvalue weighted by Crippen LogP contribution is 2.11. The van der Waals surface area contributed by atoms with Crippen LogP contribution in [-0.4, -0.2) is 46.4 Å². The summed E-state index contributed by atoms with van der Waals surface area (Å²) in [7, 11) is 0. The van der Waals surface area contributed by atoms with E-state index in [1.807, 2.05) is 0 Å². The maximum Gasteiger partial charge on any atom is 0.118 e. The van der Waals surface area contributed by atoms with E-state index in [1.54, 1.807) is 0 Å². The van der Waals surface area contributed by atoms with Crippen molar-refractivity contribution in [2.45, 2.75) is 58.3 Å². The quantitative estimate of drug-likeness (QED) is 0.567. The first kappa shape index (κ1) is 16.0. The average molecular weight is 269 g/mol. The minimum Gasteiger partial charge on any atom is -0.411 e. The van der Waals surface area contributed by atoms with Crippen LogP contribution in [0.5, 0.6) is 0 Å². The van der Waals surface area contributed by atoms with Gasteiger partial charge in [-0.2, -0.15) is 0 Å². The third-order valence-electron chi connectivity index (χ3n) is 3.78. The Bertz CT molecular complexity index is 303. The van der Waals surface area contributed by atoms with Crippen molar-refractivity contribution >= 4 is 11.4 Å². The van der Waals surface area contributed by atoms with Crippen LogP contribution in [0.2, 0.25) is 0 Å². The summed E-state index contributed by atoms with van der Waals surface area (Å²) in [6.45, 7) is 4.58. The fraction of sp³-hybridized carbons (Fsp3) is 0.857. The summed E-state index contributed by atoms with van der Waals surface area (Å²) in [5, 5.41) is 24.9. The number of rotatable bonds is 1. The SMILES string of the molecule is CCN1CCCCCCCCCC(=N/O)/C(=N\O)C1. The zero-order valence-electron chi connectivity index (χ0n) is 12.0. The Hall–Kier alpha value is -1.10. The Balaban J connectivity index is 2.68. The lowest BCUT2D eigenvalue weighted by molar-refractivity contribution is 0.295. The van der Waals surface area contributed by atoms with Gasteiger partial charge in [-0.3, -0.25) is 4.90 Å². The second-order valence-electron chi connectivity index (χ2n) is 5.19. The molecule has 5 heteroatoms. The first-order valence-corrected chi connectivity index (χ1v) is 7.46. The van der Waals surface area contributed by atoms with Crippen LogP contribution < -0.4 is 0 Å². The van der Waals surface area contributed by atoms with E-state index >= 15 is 0 Å². The van der Waals surface area contributed by atoms with Crippen LogP contribution in [0.4, 0.5) is 0 Å². The Morgan fingerprint density at radius 2 is 1.47 bits per heavy atom. The summed E-state index contributed by atoms with van der Waals surface area (Å²) in [5.74, 6) is 0. The Morgan fingerprint density at radius 1 is 0.895 bits per heavy atom. The molecule has 1 aliphatic rings. The van der Waals surface area contributed by atoms with Gasteiger partial charge in [-0.05, 0) is 32.4 Å². The van der Waals surface area contributed by atoms with Gasteiger partial charge in [0.1, 0.15) is 11.4 Å². The van der Waals surface area contributed by atoms with Crippen LogP contribution in [-0.2, 0) is 0 Å². The summed E-state index contributed by atoms with van der Waals surface area (Å²) >= 11 is 0. The van der Waals surface area contributed by atoms with E-state index in [4.69, 9.17) is 10.4 Å². The van der Waals surface area contributed by atoms with E-state index in [0.29, 0.717) is 24.4 Å². The van der Waals surface area contributed by atoms with E-state index in [-0.39, 0.29) is 0 Å². The molecule has 110 valence electrons. The van der Waals surface area contributed by atoms with Crippen molar-refractivity contribution in [2.75, 3.05) is 19.6 Å². The van der Waals surface area contributed by atoms with Gasteiger partial charge in [0, 0.05) is 6.54 Å². The molecule has 0 aromatic carbocycles. The molecular formula is C14H27N3O2. The van der Waals surface area contributed by atoms with Gasteiger partial charge in [-0.25, -0.2) is 0 Å². The number of oxime groups is 2. The molecule has 1 fully saturated rings. The van der Waals surface area contributed by atoms with Crippen molar-refractivity contribution in [1.82, 2.24) is 4.90 Å². The van der Waals surface area contributed by atoms with Crippen molar-refractivity contribution in [2.24, 2.45) is 10.3 Å². The molecule has 19 heavy (non-hydrogen) atoms. The molecule has 0 atom stereocenters. The van der Waals surface area contributed by atoms with Gasteiger partial charge in [0.25, 0.3) is 0 Å². The highest BCUT2D eigenvalue weighted by Gasteiger charge is 2.15. The predicted molar refractivity (Wildman–Crippen MR) is 77.5 cm³/mol. The zero-order valence-corrected chi connectivity index (χ0v) is 12.0. The molecule has 0 spiro atoms. The third-order valence-corrected chi connectivity index (χ3v) is 3.78. The first-order chi connectivity index (χ1) is 9.31. The molecule has 0 amide bonds. The molecule has 1 heterocycles. The van der Waals surface area contributed by atoms with E-state index < -0.39 is 0 Å². The Kier molecular flexibility index (Phi) is 8.21. The Morgan fingerprint density at radius 3 is 2.05 bits per heavy atom. The molecule has 0 bridgehead atoms. The van der Waals surface area contributed by atoms with Crippen molar-refractivity contribution in [3.63, 3.8) is 0 Å². The second kappa shape index (κ2) is 9.78. The lowest BCUT2D eigenvalue weighted by atomic mass is 10.0. The smallest absolute Gasteiger partial charge is 0.118 e. The van der Waals surface area contributed by atoms with Crippen LogP contribution in [0.1, 0.15) is 58.3 Å². The lowest BCUT2D eigenvalue weighted by Crippen LogP contribution is -2.34. The molecule has 2 N–H and O–H groups in total. The Labute approximate surface area is 116 Å². The largest absolute Gasteiger partial charge is 0.411 e. The number of hydrogen-bond acceptors (Lipinski definition) is 5. The van der Waals surface area contributed by atoms with Crippen LogP contribution in [0.15, 0.2) is 10.3 Å². The van der Waals surface area contributed by atoms with Crippen molar-refractivity contribution in [3.8, 4) is 0 Å². The summed E-state index contributed by atoms with van der Waals surface area (Å²) in [5.41, 5.74) is 1.03. The number of nitrogens with zero attached hydrogens (tertiary/aromatic N) is 3. The maximum atomic E-state index is 9.14. The van der Waals surface area contributed by atoms with Crippen molar-refractivity contribution in [3.05, 3.63) is 0 Å². The van der Waals surface area contributed by atoms with Gasteiger partial charge in [0.15, 0.2) is 0 Å². The molecule has 1 rings (SSSR count). The van der Waals surface area contributed by atoms with Gasteiger partial charge in [0.2, 0.25) is 0 Å². The molecule has 5 nitrogen and oxygen atoms in total. The first-order valence-electron chi connectivity index (χ1n) is 7.46. The van der Waals surface area contributed by atoms with Crippen LogP contribution in [0.25, 0.3) is 0 Å². The minimum atomic E-state index is 0.503. The highest BCUT2D eigenvalue weighted by molar-refractivity contribution is 6.42. The molecule has 0 aromatic rings. The topological polar surface area (TPSA) is 68.4 Å². The summed E-state index contributed by atoms with van der Waals surface area (Å²) in [6, 6.07) is 0. The maximum absolute atomic E-state index is 9.14. The molecule has 1 aliphatic heterocycles. The zero-order chi connectivity index (χ0) is 13.9. The predicted octanol–water partition coefficient (Wildman–Crippen LogP) is 3.10. The van der Waals surface area contributed by atoms with E-state index in [9.17, 15) is 0 Å². The van der Waals surface area contributed by atoms with E-state index in [1.165, 1.54) is 32.1 Å². The molecule has 0 aromatic heterocycles. The standard InChI is InChI=1S/C14H27N3O2/c1-2-17-11-9-7-5-3-4-6-8-10-13(15-18)14(12-17)16-19/h18-19H,2-12H2,1H3/b15-13-,16-14-. The van der Waals surface area contributed by atoms with Crippen LogP contribution >= 0.6 is 0 Å². The molecule has 0 unspecified atom stereocenters. The minimum absolute atomic E-state index is 0.503. The lowest BCUT2D eigenvalue weighted by Gasteiger charge is -2.20.